The Bertz CT molecular complexity index is 812. The maximum absolute atomic E-state index is 13.0. The van der Waals surface area contributed by atoms with E-state index in [1.165, 1.54) is 6.92 Å². The van der Waals surface area contributed by atoms with Gasteiger partial charge < -0.3 is 14.8 Å². The number of nitrogens with zero attached hydrogens (tertiary/aromatic N) is 2. The topological polar surface area (TPSA) is 101 Å². The summed E-state index contributed by atoms with van der Waals surface area (Å²) in [6.07, 6.45) is 4.67. The SMILES string of the molecule is CC(=O)c1c(C)[nH]c(C(=O)NC2(c3noc(C)n3)CCCCC2)c1C. The number of Topliss-reactive ketones (excluding diaryl/α,β-unsaturated/α-hetero) is 1. The molecule has 2 N–H and O–H groups in total. The molecule has 1 aliphatic carbocycles. The van der Waals surface area contributed by atoms with Crippen LogP contribution in [0.1, 0.15) is 82.8 Å². The number of hydrogen-bond acceptors (Lipinski definition) is 5. The van der Waals surface area contributed by atoms with E-state index in [1.54, 1.807) is 20.8 Å². The maximum atomic E-state index is 13.0. The molecule has 0 bridgehead atoms. The molecule has 0 saturated heterocycles. The Labute approximate surface area is 146 Å². The maximum Gasteiger partial charge on any atom is 0.268 e. The summed E-state index contributed by atoms with van der Waals surface area (Å²) in [6, 6.07) is 0. The van der Waals surface area contributed by atoms with Gasteiger partial charge in [0.25, 0.3) is 5.91 Å². The molecule has 0 spiro atoms. The summed E-state index contributed by atoms with van der Waals surface area (Å²) in [5.41, 5.74) is 1.78. The predicted molar refractivity (Wildman–Crippen MR) is 91.5 cm³/mol. The van der Waals surface area contributed by atoms with Gasteiger partial charge in [0.15, 0.2) is 11.6 Å². The first-order chi connectivity index (χ1) is 11.8. The van der Waals surface area contributed by atoms with Gasteiger partial charge in [-0.2, -0.15) is 4.98 Å². The quantitative estimate of drug-likeness (QED) is 0.830. The number of aromatic amines is 1. The molecule has 134 valence electrons. The van der Waals surface area contributed by atoms with Crippen molar-refractivity contribution in [1.29, 1.82) is 0 Å². The van der Waals surface area contributed by atoms with Crippen molar-refractivity contribution in [2.45, 2.75) is 65.3 Å². The lowest BCUT2D eigenvalue weighted by atomic mass is 9.80. The van der Waals surface area contributed by atoms with Gasteiger partial charge in [-0.3, -0.25) is 9.59 Å². The number of hydrogen-bond donors (Lipinski definition) is 2. The Morgan fingerprint density at radius 2 is 1.84 bits per heavy atom. The first kappa shape index (κ1) is 17.4. The Hall–Kier alpha value is -2.44. The van der Waals surface area contributed by atoms with Gasteiger partial charge in [0.05, 0.1) is 0 Å². The largest absolute Gasteiger partial charge is 0.354 e. The smallest absolute Gasteiger partial charge is 0.268 e. The summed E-state index contributed by atoms with van der Waals surface area (Å²) in [5.74, 6) is 0.731. The van der Waals surface area contributed by atoms with Crippen molar-refractivity contribution >= 4 is 11.7 Å². The summed E-state index contributed by atoms with van der Waals surface area (Å²) < 4.78 is 5.14. The number of aromatic nitrogens is 3. The van der Waals surface area contributed by atoms with Crippen LogP contribution in [0.15, 0.2) is 4.52 Å². The molecular weight excluding hydrogens is 320 g/mol. The molecular formula is C18H24N4O3. The van der Waals surface area contributed by atoms with Gasteiger partial charge in [-0.15, -0.1) is 0 Å². The molecule has 0 atom stereocenters. The molecule has 1 fully saturated rings. The van der Waals surface area contributed by atoms with Gasteiger partial charge in [-0.25, -0.2) is 0 Å². The van der Waals surface area contributed by atoms with Gasteiger partial charge in [-0.05, 0) is 39.2 Å². The summed E-state index contributed by atoms with van der Waals surface area (Å²) in [5, 5.41) is 7.20. The lowest BCUT2D eigenvalue weighted by Gasteiger charge is -2.35. The van der Waals surface area contributed by atoms with Crippen LogP contribution >= 0.6 is 0 Å². The number of H-pyrrole nitrogens is 1. The first-order valence-corrected chi connectivity index (χ1v) is 8.67. The van der Waals surface area contributed by atoms with Crippen molar-refractivity contribution in [1.82, 2.24) is 20.4 Å². The molecule has 2 heterocycles. The van der Waals surface area contributed by atoms with Crippen LogP contribution in [-0.4, -0.2) is 26.8 Å². The van der Waals surface area contributed by atoms with Crippen LogP contribution in [0.4, 0.5) is 0 Å². The number of rotatable bonds is 4. The Morgan fingerprint density at radius 3 is 2.36 bits per heavy atom. The van der Waals surface area contributed by atoms with E-state index in [1.807, 2.05) is 0 Å². The van der Waals surface area contributed by atoms with E-state index in [0.29, 0.717) is 34.2 Å². The second-order valence-electron chi connectivity index (χ2n) is 6.92. The highest BCUT2D eigenvalue weighted by atomic mass is 16.5. The van der Waals surface area contributed by atoms with E-state index in [0.717, 1.165) is 32.1 Å². The van der Waals surface area contributed by atoms with Gasteiger partial charge in [0.1, 0.15) is 11.2 Å². The Kier molecular flexibility index (Phi) is 4.49. The average molecular weight is 344 g/mol. The minimum Gasteiger partial charge on any atom is -0.354 e. The molecule has 25 heavy (non-hydrogen) atoms. The van der Waals surface area contributed by atoms with Gasteiger partial charge in [0, 0.05) is 18.2 Å². The van der Waals surface area contributed by atoms with Crippen molar-refractivity contribution in [3.8, 4) is 0 Å². The van der Waals surface area contributed by atoms with E-state index in [9.17, 15) is 9.59 Å². The third kappa shape index (κ3) is 3.10. The molecule has 7 heteroatoms. The number of amides is 1. The number of aryl methyl sites for hydroxylation is 2. The fourth-order valence-corrected chi connectivity index (χ4v) is 3.84. The summed E-state index contributed by atoms with van der Waals surface area (Å²) in [7, 11) is 0. The van der Waals surface area contributed by atoms with Crippen molar-refractivity contribution in [3.05, 3.63) is 34.2 Å². The van der Waals surface area contributed by atoms with E-state index < -0.39 is 5.54 Å². The molecule has 0 unspecified atom stereocenters. The van der Waals surface area contributed by atoms with E-state index >= 15 is 0 Å². The minimum atomic E-state index is -0.616. The van der Waals surface area contributed by atoms with Crippen LogP contribution in [0, 0.1) is 20.8 Å². The molecule has 7 nitrogen and oxygen atoms in total. The third-order valence-corrected chi connectivity index (χ3v) is 5.03. The molecule has 2 aromatic heterocycles. The van der Waals surface area contributed by atoms with Crippen LogP contribution < -0.4 is 5.32 Å². The van der Waals surface area contributed by atoms with Crippen molar-refractivity contribution in [2.24, 2.45) is 0 Å². The van der Waals surface area contributed by atoms with Gasteiger partial charge in [-0.1, -0.05) is 24.4 Å². The second-order valence-corrected chi connectivity index (χ2v) is 6.92. The average Bonchev–Trinajstić information content (AvgIpc) is 3.12. The standard InChI is InChI=1S/C18H24N4O3/c1-10-14(12(3)23)11(2)19-15(10)16(24)21-18(8-6-5-7-9-18)17-20-13(4)25-22-17/h19H,5-9H2,1-4H3,(H,21,24). The summed E-state index contributed by atoms with van der Waals surface area (Å²) >= 11 is 0. The van der Waals surface area contributed by atoms with Crippen LogP contribution in [0.5, 0.6) is 0 Å². The third-order valence-electron chi connectivity index (χ3n) is 5.03. The monoisotopic (exact) mass is 344 g/mol. The Balaban J connectivity index is 1.94. The van der Waals surface area contributed by atoms with Crippen molar-refractivity contribution in [2.75, 3.05) is 0 Å². The zero-order valence-electron chi connectivity index (χ0n) is 15.2. The van der Waals surface area contributed by atoms with Crippen molar-refractivity contribution in [3.63, 3.8) is 0 Å². The van der Waals surface area contributed by atoms with E-state index in [-0.39, 0.29) is 11.7 Å². The molecule has 0 aromatic carbocycles. The molecule has 0 radical (unpaired) electrons. The van der Waals surface area contributed by atoms with Crippen LogP contribution in [-0.2, 0) is 5.54 Å². The zero-order chi connectivity index (χ0) is 18.2. The minimum absolute atomic E-state index is 0.0496. The highest BCUT2D eigenvalue weighted by Crippen LogP contribution is 2.36. The van der Waals surface area contributed by atoms with E-state index in [2.05, 4.69) is 20.4 Å². The van der Waals surface area contributed by atoms with Gasteiger partial charge >= 0.3 is 0 Å². The molecule has 2 aromatic rings. The van der Waals surface area contributed by atoms with Crippen LogP contribution in [0.2, 0.25) is 0 Å². The summed E-state index contributed by atoms with van der Waals surface area (Å²) in [6.45, 7) is 6.85. The fraction of sp³-hybridized carbons (Fsp3) is 0.556. The summed E-state index contributed by atoms with van der Waals surface area (Å²) in [4.78, 5) is 32.2. The molecule has 1 amide bonds. The van der Waals surface area contributed by atoms with Crippen LogP contribution in [0.3, 0.4) is 0 Å². The lowest BCUT2D eigenvalue weighted by molar-refractivity contribution is 0.0850. The number of nitrogens with one attached hydrogen (secondary N) is 2. The fourth-order valence-electron chi connectivity index (χ4n) is 3.84. The normalized spacial score (nSPS) is 16.6. The number of ketones is 1. The highest BCUT2D eigenvalue weighted by molar-refractivity contribution is 6.02. The second kappa shape index (κ2) is 6.46. The predicted octanol–water partition coefficient (Wildman–Crippen LogP) is 3.11. The lowest BCUT2D eigenvalue weighted by Crippen LogP contribution is -2.48. The zero-order valence-corrected chi connectivity index (χ0v) is 15.2. The van der Waals surface area contributed by atoms with Crippen LogP contribution in [0.25, 0.3) is 0 Å². The number of carbonyl (C=O) groups is 2. The Morgan fingerprint density at radius 1 is 1.16 bits per heavy atom. The van der Waals surface area contributed by atoms with Gasteiger partial charge in [0.2, 0.25) is 5.89 Å². The molecule has 3 rings (SSSR count). The van der Waals surface area contributed by atoms with E-state index in [4.69, 9.17) is 4.52 Å². The first-order valence-electron chi connectivity index (χ1n) is 8.67. The highest BCUT2D eigenvalue weighted by Gasteiger charge is 2.40. The molecule has 0 aliphatic heterocycles. The number of carbonyl (C=O) groups excluding carboxylic acids is 2. The van der Waals surface area contributed by atoms with Crippen molar-refractivity contribution < 1.29 is 14.1 Å². The molecule has 1 saturated carbocycles. The molecule has 1 aliphatic rings.